The van der Waals surface area contributed by atoms with Crippen molar-refractivity contribution in [1.29, 1.82) is 0 Å². The molecule has 0 bridgehead atoms. The van der Waals surface area contributed by atoms with E-state index in [1.807, 2.05) is 29.0 Å². The number of carbonyl (C=O) groups excluding carboxylic acids is 1. The van der Waals surface area contributed by atoms with Crippen LogP contribution in [0.2, 0.25) is 0 Å². The number of hydrogen-bond acceptors (Lipinski definition) is 5. The largest absolute Gasteiger partial charge is 0.317 e. The number of nitrogens with zero attached hydrogens (tertiary/aromatic N) is 3. The van der Waals surface area contributed by atoms with Gasteiger partial charge in [0.05, 0.1) is 15.1 Å². The molecular weight excluding hydrogens is 346 g/mol. The van der Waals surface area contributed by atoms with Gasteiger partial charge in [0, 0.05) is 29.6 Å². The molecule has 1 amide bonds. The maximum Gasteiger partial charge on any atom is 0.272 e. The summed E-state index contributed by atoms with van der Waals surface area (Å²) in [5.41, 5.74) is 0.865. The summed E-state index contributed by atoms with van der Waals surface area (Å²) in [6.45, 7) is 2.57. The smallest absolute Gasteiger partial charge is 0.272 e. The highest BCUT2D eigenvalue weighted by Crippen LogP contribution is 2.23. The second-order valence-corrected chi connectivity index (χ2v) is 6.83. The van der Waals surface area contributed by atoms with Crippen LogP contribution in [0.3, 0.4) is 0 Å². The lowest BCUT2D eigenvalue weighted by molar-refractivity contribution is -0.384. The highest BCUT2D eigenvalue weighted by molar-refractivity contribution is 7.16. The van der Waals surface area contributed by atoms with Gasteiger partial charge in [0.15, 0.2) is 4.80 Å². The molecule has 0 fully saturated rings. The number of nitro benzene ring substituents is 1. The third-order valence-electron chi connectivity index (χ3n) is 3.33. The molecule has 0 saturated carbocycles. The van der Waals surface area contributed by atoms with Crippen LogP contribution in [0.15, 0.2) is 46.8 Å². The van der Waals surface area contributed by atoms with Crippen LogP contribution in [0, 0.1) is 10.1 Å². The normalized spacial score (nSPS) is 12.3. The van der Waals surface area contributed by atoms with E-state index in [0.29, 0.717) is 11.3 Å². The van der Waals surface area contributed by atoms with Crippen molar-refractivity contribution in [2.24, 2.45) is 4.99 Å². The number of hydrogen-bond donors (Lipinski definition) is 0. The van der Waals surface area contributed by atoms with Gasteiger partial charge in [-0.25, -0.2) is 0 Å². The SMILES string of the molecule is CCn1c(=NC(=O)C=Cc2cccs2)sc2cc([N+](=O)[O-])ccc21. The minimum absolute atomic E-state index is 0.0301. The number of non-ortho nitro benzene ring substituents is 1. The molecule has 0 radical (unpaired) electrons. The first-order valence-electron chi connectivity index (χ1n) is 7.16. The highest BCUT2D eigenvalue weighted by atomic mass is 32.1. The van der Waals surface area contributed by atoms with Gasteiger partial charge in [-0.1, -0.05) is 17.4 Å². The fourth-order valence-corrected chi connectivity index (χ4v) is 3.99. The second-order valence-electron chi connectivity index (χ2n) is 4.84. The van der Waals surface area contributed by atoms with Crippen LogP contribution >= 0.6 is 22.7 Å². The van der Waals surface area contributed by atoms with Gasteiger partial charge in [0.25, 0.3) is 11.6 Å². The van der Waals surface area contributed by atoms with Crippen LogP contribution in [-0.2, 0) is 11.3 Å². The van der Waals surface area contributed by atoms with Gasteiger partial charge in [0.2, 0.25) is 0 Å². The monoisotopic (exact) mass is 359 g/mol. The molecule has 0 aliphatic rings. The zero-order chi connectivity index (χ0) is 17.1. The third kappa shape index (κ3) is 3.34. The standard InChI is InChI=1S/C16H13N3O3S2/c1-2-18-13-7-5-11(19(21)22)10-14(13)24-16(18)17-15(20)8-6-12-4-3-9-23-12/h3-10H,2H2,1H3. The molecule has 1 aromatic carbocycles. The van der Waals surface area contributed by atoms with E-state index in [0.717, 1.165) is 15.1 Å². The summed E-state index contributed by atoms with van der Waals surface area (Å²) in [6.07, 6.45) is 3.16. The van der Waals surface area contributed by atoms with Gasteiger partial charge in [-0.3, -0.25) is 14.9 Å². The van der Waals surface area contributed by atoms with Crippen molar-refractivity contribution in [3.63, 3.8) is 0 Å². The lowest BCUT2D eigenvalue weighted by Gasteiger charge is -1.99. The molecule has 2 heterocycles. The molecule has 8 heteroatoms. The van der Waals surface area contributed by atoms with E-state index in [1.54, 1.807) is 12.1 Å². The number of carbonyl (C=O) groups is 1. The summed E-state index contributed by atoms with van der Waals surface area (Å²) in [5, 5.41) is 12.8. The number of nitro groups is 1. The lowest BCUT2D eigenvalue weighted by atomic mass is 10.3. The van der Waals surface area contributed by atoms with E-state index >= 15 is 0 Å². The van der Waals surface area contributed by atoms with Gasteiger partial charge in [-0.15, -0.1) is 11.3 Å². The fraction of sp³-hybridized carbons (Fsp3) is 0.125. The van der Waals surface area contributed by atoms with E-state index in [-0.39, 0.29) is 11.6 Å². The first-order chi connectivity index (χ1) is 11.6. The summed E-state index contributed by atoms with van der Waals surface area (Å²) >= 11 is 2.81. The lowest BCUT2D eigenvalue weighted by Crippen LogP contribution is -2.15. The van der Waals surface area contributed by atoms with Crippen molar-refractivity contribution < 1.29 is 9.72 Å². The molecule has 122 valence electrons. The molecule has 0 unspecified atom stereocenters. The Bertz CT molecular complexity index is 997. The molecule has 0 N–H and O–H groups in total. The molecular formula is C16H13N3O3S2. The predicted molar refractivity (Wildman–Crippen MR) is 96.1 cm³/mol. The zero-order valence-electron chi connectivity index (χ0n) is 12.7. The molecule has 0 aliphatic heterocycles. The van der Waals surface area contributed by atoms with Crippen molar-refractivity contribution >= 4 is 50.6 Å². The Morgan fingerprint density at radius 1 is 1.42 bits per heavy atom. The number of rotatable bonds is 4. The first-order valence-corrected chi connectivity index (χ1v) is 8.86. The van der Waals surface area contributed by atoms with Crippen molar-refractivity contribution in [2.45, 2.75) is 13.5 Å². The number of thiophene rings is 1. The van der Waals surface area contributed by atoms with Crippen molar-refractivity contribution in [3.05, 3.63) is 61.6 Å². The van der Waals surface area contributed by atoms with Crippen molar-refractivity contribution in [3.8, 4) is 0 Å². The summed E-state index contributed by atoms with van der Waals surface area (Å²) in [7, 11) is 0. The minimum Gasteiger partial charge on any atom is -0.317 e. The maximum atomic E-state index is 12.1. The van der Waals surface area contributed by atoms with Crippen LogP contribution in [0.25, 0.3) is 16.3 Å². The number of aryl methyl sites for hydroxylation is 1. The van der Waals surface area contributed by atoms with Crippen LogP contribution in [0.5, 0.6) is 0 Å². The minimum atomic E-state index is -0.429. The summed E-state index contributed by atoms with van der Waals surface area (Å²) in [5.74, 6) is -0.355. The molecule has 0 saturated heterocycles. The predicted octanol–water partition coefficient (Wildman–Crippen LogP) is 3.83. The van der Waals surface area contributed by atoms with Gasteiger partial charge >= 0.3 is 0 Å². The number of benzene rings is 1. The summed E-state index contributed by atoms with van der Waals surface area (Å²) < 4.78 is 2.61. The van der Waals surface area contributed by atoms with Gasteiger partial charge in [-0.2, -0.15) is 4.99 Å². The van der Waals surface area contributed by atoms with Crippen LogP contribution in [0.1, 0.15) is 11.8 Å². The van der Waals surface area contributed by atoms with E-state index in [9.17, 15) is 14.9 Å². The average Bonchev–Trinajstić information content (AvgIpc) is 3.19. The van der Waals surface area contributed by atoms with E-state index in [1.165, 1.54) is 40.9 Å². The Balaban J connectivity index is 2.01. The molecule has 3 rings (SSSR count). The van der Waals surface area contributed by atoms with Gasteiger partial charge in [0.1, 0.15) is 0 Å². The van der Waals surface area contributed by atoms with Crippen LogP contribution < -0.4 is 4.80 Å². The Morgan fingerprint density at radius 3 is 2.92 bits per heavy atom. The molecule has 0 spiro atoms. The van der Waals surface area contributed by atoms with E-state index < -0.39 is 4.92 Å². The van der Waals surface area contributed by atoms with Gasteiger partial charge in [-0.05, 0) is 30.5 Å². The molecule has 2 aromatic heterocycles. The number of thiazole rings is 1. The second kappa shape index (κ2) is 6.90. The number of fused-ring (bicyclic) bond motifs is 1. The van der Waals surface area contributed by atoms with Gasteiger partial charge < -0.3 is 4.57 Å². The fourth-order valence-electron chi connectivity index (χ4n) is 2.24. The Morgan fingerprint density at radius 2 is 2.25 bits per heavy atom. The van der Waals surface area contributed by atoms with Crippen LogP contribution in [0.4, 0.5) is 5.69 Å². The summed E-state index contributed by atoms with van der Waals surface area (Å²) in [6, 6.07) is 8.49. The van der Waals surface area contributed by atoms with Crippen molar-refractivity contribution in [1.82, 2.24) is 4.57 Å². The first kappa shape index (κ1) is 16.3. The van der Waals surface area contributed by atoms with E-state index in [2.05, 4.69) is 4.99 Å². The molecule has 24 heavy (non-hydrogen) atoms. The maximum absolute atomic E-state index is 12.1. The Labute approximate surface area is 145 Å². The quantitative estimate of drug-likeness (QED) is 0.403. The van der Waals surface area contributed by atoms with E-state index in [4.69, 9.17) is 0 Å². The molecule has 6 nitrogen and oxygen atoms in total. The van der Waals surface area contributed by atoms with Crippen molar-refractivity contribution in [2.75, 3.05) is 0 Å². The third-order valence-corrected chi connectivity index (χ3v) is 5.21. The molecule has 3 aromatic rings. The summed E-state index contributed by atoms with van der Waals surface area (Å²) in [4.78, 5) is 28.2. The Kier molecular flexibility index (Phi) is 4.68. The van der Waals surface area contributed by atoms with Crippen LogP contribution in [-0.4, -0.2) is 15.4 Å². The number of aromatic nitrogens is 1. The Hall–Kier alpha value is -2.58. The zero-order valence-corrected chi connectivity index (χ0v) is 14.3. The molecule has 0 aliphatic carbocycles. The average molecular weight is 359 g/mol. The number of amides is 1. The topological polar surface area (TPSA) is 77.5 Å². The highest BCUT2D eigenvalue weighted by Gasteiger charge is 2.11. The molecule has 0 atom stereocenters.